The van der Waals surface area contributed by atoms with Gasteiger partial charge in [0.2, 0.25) is 0 Å². The number of hydrogen-bond donors (Lipinski definition) is 1. The second-order valence-corrected chi connectivity index (χ2v) is 5.31. The van der Waals surface area contributed by atoms with Crippen LogP contribution in [0.2, 0.25) is 0 Å². The van der Waals surface area contributed by atoms with Crippen LogP contribution < -0.4 is 5.32 Å². The number of nitrogens with one attached hydrogen (secondary N) is 1. The summed E-state index contributed by atoms with van der Waals surface area (Å²) in [6, 6.07) is 19.9. The Hall–Kier alpha value is -1.61. The third-order valence-corrected chi connectivity index (χ3v) is 4.10. The molecule has 1 aliphatic heterocycles. The predicted molar refractivity (Wildman–Crippen MR) is 90.3 cm³/mol. The van der Waals surface area contributed by atoms with Crippen LogP contribution in [0.4, 0.5) is 0 Å². The van der Waals surface area contributed by atoms with Crippen molar-refractivity contribution in [3.05, 3.63) is 60.2 Å². The first-order valence-electron chi connectivity index (χ1n) is 7.15. The topological polar surface area (TPSA) is 21.3 Å². The fourth-order valence-corrected chi connectivity index (χ4v) is 3.14. The van der Waals surface area contributed by atoms with E-state index >= 15 is 0 Å². The molecule has 0 aliphatic carbocycles. The minimum absolute atomic E-state index is 0. The highest BCUT2D eigenvalue weighted by molar-refractivity contribution is 6.09. The molecule has 4 rings (SSSR count). The van der Waals surface area contributed by atoms with Crippen LogP contribution in [0.1, 0.15) is 11.6 Å². The quantitative estimate of drug-likeness (QED) is 0.684. The maximum atomic E-state index is 5.63. The highest BCUT2D eigenvalue weighted by Crippen LogP contribution is 2.32. The van der Waals surface area contributed by atoms with E-state index in [2.05, 4.69) is 59.9 Å². The van der Waals surface area contributed by atoms with Gasteiger partial charge in [-0.3, -0.25) is 0 Å². The zero-order chi connectivity index (χ0) is 13.4. The van der Waals surface area contributed by atoms with Gasteiger partial charge in [-0.25, -0.2) is 0 Å². The van der Waals surface area contributed by atoms with E-state index in [1.54, 1.807) is 0 Å². The molecule has 1 aliphatic rings. The summed E-state index contributed by atoms with van der Waals surface area (Å²) in [6.45, 7) is 2.48. The van der Waals surface area contributed by atoms with Gasteiger partial charge in [0.15, 0.2) is 0 Å². The summed E-state index contributed by atoms with van der Waals surface area (Å²) in [4.78, 5) is 0. The van der Waals surface area contributed by atoms with Gasteiger partial charge < -0.3 is 10.1 Å². The van der Waals surface area contributed by atoms with Gasteiger partial charge in [0, 0.05) is 6.54 Å². The maximum absolute atomic E-state index is 5.63. The summed E-state index contributed by atoms with van der Waals surface area (Å²) in [5, 5.41) is 8.84. The monoisotopic (exact) mass is 299 g/mol. The molecule has 108 valence electrons. The van der Waals surface area contributed by atoms with Crippen LogP contribution in [0, 0.1) is 0 Å². The number of ether oxygens (including phenoxy) is 1. The molecular formula is C18H18ClNO. The second kappa shape index (κ2) is 6.02. The Morgan fingerprint density at radius 1 is 0.905 bits per heavy atom. The number of morpholine rings is 1. The van der Waals surface area contributed by atoms with Crippen molar-refractivity contribution < 1.29 is 4.74 Å². The smallest absolute Gasteiger partial charge is 0.0662 e. The van der Waals surface area contributed by atoms with Crippen molar-refractivity contribution in [1.82, 2.24) is 5.32 Å². The summed E-state index contributed by atoms with van der Waals surface area (Å²) >= 11 is 0. The number of halogens is 1. The summed E-state index contributed by atoms with van der Waals surface area (Å²) in [5.41, 5.74) is 1.35. The van der Waals surface area contributed by atoms with Crippen LogP contribution in [0.15, 0.2) is 54.6 Å². The molecule has 0 spiro atoms. The SMILES string of the molecule is Cl.c1ccc2c(c1)cc([C@H]1COCCN1)c1ccccc12. The molecule has 1 N–H and O–H groups in total. The average Bonchev–Trinajstić information content (AvgIpc) is 2.55. The molecule has 0 amide bonds. The van der Waals surface area contributed by atoms with Gasteiger partial charge in [0.05, 0.1) is 19.3 Å². The lowest BCUT2D eigenvalue weighted by atomic mass is 9.93. The lowest BCUT2D eigenvalue weighted by molar-refractivity contribution is 0.0773. The Labute approximate surface area is 130 Å². The van der Waals surface area contributed by atoms with Crippen LogP contribution in [0.3, 0.4) is 0 Å². The number of benzene rings is 3. The molecule has 3 aromatic carbocycles. The highest BCUT2D eigenvalue weighted by Gasteiger charge is 2.18. The Balaban J connectivity index is 0.00000132. The van der Waals surface area contributed by atoms with E-state index in [1.807, 2.05) is 0 Å². The van der Waals surface area contributed by atoms with E-state index in [9.17, 15) is 0 Å². The summed E-state index contributed by atoms with van der Waals surface area (Å²) in [6.07, 6.45) is 0. The predicted octanol–water partition coefficient (Wildman–Crippen LogP) is 4.08. The fourth-order valence-electron chi connectivity index (χ4n) is 3.14. The van der Waals surface area contributed by atoms with Gasteiger partial charge in [-0.2, -0.15) is 0 Å². The molecule has 2 nitrogen and oxygen atoms in total. The minimum atomic E-state index is 0. The molecule has 0 unspecified atom stereocenters. The normalized spacial score (nSPS) is 18.6. The van der Waals surface area contributed by atoms with Gasteiger partial charge in [0.25, 0.3) is 0 Å². The Bertz CT molecular complexity index is 765. The Morgan fingerprint density at radius 3 is 2.38 bits per heavy atom. The van der Waals surface area contributed by atoms with Gasteiger partial charge in [0.1, 0.15) is 0 Å². The third kappa shape index (κ3) is 2.51. The summed E-state index contributed by atoms with van der Waals surface area (Å²) < 4.78 is 5.63. The summed E-state index contributed by atoms with van der Waals surface area (Å²) in [5.74, 6) is 0. The standard InChI is InChI=1S/C18H17NO.ClH/c1-2-6-14-13(5-1)11-17(18-12-20-10-9-19-18)16-8-4-3-7-15(14)16;/h1-8,11,18-19H,9-10,12H2;1H/t18-;/m1./s1. The van der Waals surface area contributed by atoms with Crippen LogP contribution in [0.5, 0.6) is 0 Å². The molecule has 0 radical (unpaired) electrons. The molecule has 0 aromatic heterocycles. The van der Waals surface area contributed by atoms with Crippen LogP contribution in [-0.4, -0.2) is 19.8 Å². The fraction of sp³-hybridized carbons (Fsp3) is 0.222. The second-order valence-electron chi connectivity index (χ2n) is 5.31. The van der Waals surface area contributed by atoms with E-state index < -0.39 is 0 Å². The number of fused-ring (bicyclic) bond motifs is 3. The van der Waals surface area contributed by atoms with Crippen molar-refractivity contribution in [1.29, 1.82) is 0 Å². The van der Waals surface area contributed by atoms with E-state index in [0.29, 0.717) is 6.04 Å². The maximum Gasteiger partial charge on any atom is 0.0662 e. The minimum Gasteiger partial charge on any atom is -0.378 e. The Kier molecular flexibility index (Phi) is 4.11. The number of rotatable bonds is 1. The average molecular weight is 300 g/mol. The van der Waals surface area contributed by atoms with Gasteiger partial charge in [-0.15, -0.1) is 12.4 Å². The Morgan fingerprint density at radius 2 is 1.62 bits per heavy atom. The van der Waals surface area contributed by atoms with Crippen molar-refractivity contribution >= 4 is 34.0 Å². The van der Waals surface area contributed by atoms with Crippen molar-refractivity contribution in [3.8, 4) is 0 Å². The van der Waals surface area contributed by atoms with Crippen LogP contribution in [-0.2, 0) is 4.74 Å². The number of hydrogen-bond acceptors (Lipinski definition) is 2. The van der Waals surface area contributed by atoms with Crippen molar-refractivity contribution in [2.75, 3.05) is 19.8 Å². The highest BCUT2D eigenvalue weighted by atomic mass is 35.5. The molecule has 0 bridgehead atoms. The zero-order valence-electron chi connectivity index (χ0n) is 11.7. The van der Waals surface area contributed by atoms with Crippen LogP contribution >= 0.6 is 12.4 Å². The van der Waals surface area contributed by atoms with Gasteiger partial charge >= 0.3 is 0 Å². The van der Waals surface area contributed by atoms with Gasteiger partial charge in [-0.1, -0.05) is 48.5 Å². The van der Waals surface area contributed by atoms with Crippen LogP contribution in [0.25, 0.3) is 21.5 Å². The third-order valence-electron chi connectivity index (χ3n) is 4.10. The van der Waals surface area contributed by atoms with Gasteiger partial charge in [-0.05, 0) is 33.2 Å². The molecule has 1 atom stereocenters. The van der Waals surface area contributed by atoms with E-state index in [1.165, 1.54) is 27.1 Å². The first kappa shape index (κ1) is 14.3. The molecule has 1 heterocycles. The molecular weight excluding hydrogens is 282 g/mol. The zero-order valence-corrected chi connectivity index (χ0v) is 12.5. The van der Waals surface area contributed by atoms with Crippen molar-refractivity contribution in [2.45, 2.75) is 6.04 Å². The van der Waals surface area contributed by atoms with Crippen molar-refractivity contribution in [3.63, 3.8) is 0 Å². The first-order chi connectivity index (χ1) is 9.93. The molecule has 21 heavy (non-hydrogen) atoms. The molecule has 3 aromatic rings. The molecule has 1 fully saturated rings. The lowest BCUT2D eigenvalue weighted by Crippen LogP contribution is -2.34. The molecule has 0 saturated carbocycles. The van der Waals surface area contributed by atoms with E-state index in [0.717, 1.165) is 19.8 Å². The first-order valence-corrected chi connectivity index (χ1v) is 7.15. The van der Waals surface area contributed by atoms with Crippen molar-refractivity contribution in [2.24, 2.45) is 0 Å². The summed E-state index contributed by atoms with van der Waals surface area (Å²) in [7, 11) is 0. The lowest BCUT2D eigenvalue weighted by Gasteiger charge is -2.26. The molecule has 1 saturated heterocycles. The molecule has 3 heteroatoms. The van der Waals surface area contributed by atoms with E-state index in [4.69, 9.17) is 4.74 Å². The van der Waals surface area contributed by atoms with E-state index in [-0.39, 0.29) is 12.4 Å². The largest absolute Gasteiger partial charge is 0.378 e.